The van der Waals surface area contributed by atoms with Crippen LogP contribution >= 0.6 is 11.6 Å². The quantitative estimate of drug-likeness (QED) is 0.395. The van der Waals surface area contributed by atoms with Gasteiger partial charge in [-0.25, -0.2) is 4.39 Å². The lowest BCUT2D eigenvalue weighted by Crippen LogP contribution is -1.82. The predicted octanol–water partition coefficient (Wildman–Crippen LogP) is 2.29. The largest absolute Gasteiger partial charge is 0.411 e. The van der Waals surface area contributed by atoms with Crippen molar-refractivity contribution in [2.24, 2.45) is 5.16 Å². The summed E-state index contributed by atoms with van der Waals surface area (Å²) in [6, 6.07) is 4.04. The zero-order valence-electron chi connectivity index (χ0n) is 5.46. The Labute approximate surface area is 67.9 Å². The minimum absolute atomic E-state index is 0.0161. The number of oxime groups is 1. The summed E-state index contributed by atoms with van der Waals surface area (Å²) in [6.45, 7) is 0. The lowest BCUT2D eigenvalue weighted by molar-refractivity contribution is 0.322. The molecule has 0 fully saturated rings. The lowest BCUT2D eigenvalue weighted by Gasteiger charge is -1.93. The molecule has 0 aliphatic carbocycles. The SMILES string of the molecule is O/N=C/c1ccc(F)c(Cl)c1. The standard InChI is InChI=1S/C7H5ClFNO/c8-6-3-5(4-10-11)1-2-7(6)9/h1-4,11H/b10-4+. The van der Waals surface area contributed by atoms with Gasteiger partial charge in [-0.15, -0.1) is 0 Å². The first-order valence-electron chi connectivity index (χ1n) is 2.86. The maximum atomic E-state index is 12.5. The maximum Gasteiger partial charge on any atom is 0.141 e. The van der Waals surface area contributed by atoms with E-state index in [-0.39, 0.29) is 5.02 Å². The van der Waals surface area contributed by atoms with Crippen molar-refractivity contribution in [1.82, 2.24) is 0 Å². The fourth-order valence-corrected chi connectivity index (χ4v) is 0.848. The molecule has 1 rings (SSSR count). The van der Waals surface area contributed by atoms with Crippen LogP contribution in [0.15, 0.2) is 23.4 Å². The molecule has 4 heteroatoms. The van der Waals surface area contributed by atoms with Crippen LogP contribution in [0.25, 0.3) is 0 Å². The van der Waals surface area contributed by atoms with Crippen LogP contribution in [-0.4, -0.2) is 11.4 Å². The van der Waals surface area contributed by atoms with E-state index < -0.39 is 5.82 Å². The van der Waals surface area contributed by atoms with Crippen LogP contribution in [0.4, 0.5) is 4.39 Å². The Kier molecular flexibility index (Phi) is 2.44. The highest BCUT2D eigenvalue weighted by Gasteiger charge is 1.97. The summed E-state index contributed by atoms with van der Waals surface area (Å²) in [5.74, 6) is -0.484. The van der Waals surface area contributed by atoms with Crippen molar-refractivity contribution >= 4 is 17.8 Å². The van der Waals surface area contributed by atoms with Crippen LogP contribution in [0.2, 0.25) is 5.02 Å². The van der Waals surface area contributed by atoms with Crippen molar-refractivity contribution in [3.8, 4) is 0 Å². The van der Waals surface area contributed by atoms with E-state index in [1.165, 1.54) is 24.4 Å². The fraction of sp³-hybridized carbons (Fsp3) is 0. The third-order valence-corrected chi connectivity index (χ3v) is 1.44. The maximum absolute atomic E-state index is 12.5. The van der Waals surface area contributed by atoms with Gasteiger partial charge in [0.2, 0.25) is 0 Å². The molecule has 0 saturated heterocycles. The number of rotatable bonds is 1. The van der Waals surface area contributed by atoms with Gasteiger partial charge >= 0.3 is 0 Å². The predicted molar refractivity (Wildman–Crippen MR) is 40.8 cm³/mol. The molecule has 11 heavy (non-hydrogen) atoms. The molecular weight excluding hydrogens is 169 g/mol. The molecule has 0 heterocycles. The molecule has 0 aliphatic rings. The average molecular weight is 174 g/mol. The summed E-state index contributed by atoms with van der Waals surface area (Å²) < 4.78 is 12.5. The topological polar surface area (TPSA) is 32.6 Å². The molecule has 0 atom stereocenters. The van der Waals surface area contributed by atoms with E-state index in [4.69, 9.17) is 16.8 Å². The second kappa shape index (κ2) is 3.34. The Morgan fingerprint density at radius 1 is 1.55 bits per heavy atom. The van der Waals surface area contributed by atoms with E-state index in [0.717, 1.165) is 0 Å². The third kappa shape index (κ3) is 1.91. The summed E-state index contributed by atoms with van der Waals surface area (Å²) in [4.78, 5) is 0. The van der Waals surface area contributed by atoms with E-state index in [0.29, 0.717) is 5.56 Å². The van der Waals surface area contributed by atoms with Crippen LogP contribution in [0, 0.1) is 5.82 Å². The Morgan fingerprint density at radius 2 is 2.27 bits per heavy atom. The van der Waals surface area contributed by atoms with Crippen LogP contribution in [0.3, 0.4) is 0 Å². The van der Waals surface area contributed by atoms with Gasteiger partial charge in [0, 0.05) is 0 Å². The summed E-state index contributed by atoms with van der Waals surface area (Å²) >= 11 is 5.43. The molecule has 0 amide bonds. The molecule has 0 unspecified atom stereocenters. The first kappa shape index (κ1) is 8.01. The summed E-state index contributed by atoms with van der Waals surface area (Å²) in [5, 5.41) is 10.9. The summed E-state index contributed by atoms with van der Waals surface area (Å²) in [5.41, 5.74) is 0.555. The first-order valence-corrected chi connectivity index (χ1v) is 3.24. The smallest absolute Gasteiger partial charge is 0.141 e. The van der Waals surface area contributed by atoms with Crippen molar-refractivity contribution in [3.05, 3.63) is 34.6 Å². The molecule has 58 valence electrons. The van der Waals surface area contributed by atoms with Gasteiger partial charge < -0.3 is 5.21 Å². The Hall–Kier alpha value is -1.09. The van der Waals surface area contributed by atoms with E-state index in [9.17, 15) is 4.39 Å². The number of hydrogen-bond acceptors (Lipinski definition) is 2. The summed E-state index contributed by atoms with van der Waals surface area (Å²) in [6.07, 6.45) is 1.17. The molecule has 0 bridgehead atoms. The van der Waals surface area contributed by atoms with Crippen molar-refractivity contribution in [1.29, 1.82) is 0 Å². The number of benzene rings is 1. The Balaban J connectivity index is 3.05. The molecule has 0 aromatic heterocycles. The third-order valence-electron chi connectivity index (χ3n) is 1.15. The van der Waals surface area contributed by atoms with E-state index in [1.54, 1.807) is 0 Å². The first-order chi connectivity index (χ1) is 5.24. The van der Waals surface area contributed by atoms with Gasteiger partial charge in [-0.1, -0.05) is 22.8 Å². The molecule has 0 aliphatic heterocycles. The molecule has 0 spiro atoms. The number of hydrogen-bond donors (Lipinski definition) is 1. The molecule has 2 nitrogen and oxygen atoms in total. The van der Waals surface area contributed by atoms with Gasteiger partial charge in [0.15, 0.2) is 0 Å². The zero-order valence-corrected chi connectivity index (χ0v) is 6.22. The van der Waals surface area contributed by atoms with Crippen molar-refractivity contribution < 1.29 is 9.60 Å². The second-order valence-electron chi connectivity index (χ2n) is 1.92. The van der Waals surface area contributed by atoms with Crippen LogP contribution in [0.5, 0.6) is 0 Å². The Morgan fingerprint density at radius 3 is 2.82 bits per heavy atom. The average Bonchev–Trinajstić information content (AvgIpc) is 1.98. The number of halogens is 2. The Bertz CT molecular complexity index is 288. The van der Waals surface area contributed by atoms with E-state index in [1.807, 2.05) is 0 Å². The van der Waals surface area contributed by atoms with Gasteiger partial charge in [-0.2, -0.15) is 0 Å². The highest BCUT2D eigenvalue weighted by atomic mass is 35.5. The lowest BCUT2D eigenvalue weighted by atomic mass is 10.2. The highest BCUT2D eigenvalue weighted by molar-refractivity contribution is 6.31. The second-order valence-corrected chi connectivity index (χ2v) is 2.33. The highest BCUT2D eigenvalue weighted by Crippen LogP contribution is 2.14. The summed E-state index contributed by atoms with van der Waals surface area (Å²) in [7, 11) is 0. The molecule has 0 saturated carbocycles. The van der Waals surface area contributed by atoms with Crippen molar-refractivity contribution in [2.75, 3.05) is 0 Å². The van der Waals surface area contributed by atoms with Gasteiger partial charge in [0.1, 0.15) is 5.82 Å². The van der Waals surface area contributed by atoms with E-state index in [2.05, 4.69) is 5.16 Å². The van der Waals surface area contributed by atoms with Crippen LogP contribution in [-0.2, 0) is 0 Å². The molecule has 1 aromatic carbocycles. The molecular formula is C7H5ClFNO. The van der Waals surface area contributed by atoms with Crippen LogP contribution in [0.1, 0.15) is 5.56 Å². The van der Waals surface area contributed by atoms with Crippen LogP contribution < -0.4 is 0 Å². The van der Waals surface area contributed by atoms with Gasteiger partial charge in [-0.3, -0.25) is 0 Å². The van der Waals surface area contributed by atoms with Crippen molar-refractivity contribution in [3.63, 3.8) is 0 Å². The normalized spacial score (nSPS) is 10.7. The van der Waals surface area contributed by atoms with Gasteiger partial charge in [-0.05, 0) is 17.7 Å². The van der Waals surface area contributed by atoms with Crippen molar-refractivity contribution in [2.45, 2.75) is 0 Å². The minimum Gasteiger partial charge on any atom is -0.411 e. The molecule has 0 radical (unpaired) electrons. The monoisotopic (exact) mass is 173 g/mol. The van der Waals surface area contributed by atoms with E-state index >= 15 is 0 Å². The molecule has 1 N–H and O–H groups in total. The van der Waals surface area contributed by atoms with Gasteiger partial charge in [0.25, 0.3) is 0 Å². The minimum atomic E-state index is -0.484. The number of nitrogens with zero attached hydrogens (tertiary/aromatic N) is 1. The van der Waals surface area contributed by atoms with Gasteiger partial charge in [0.05, 0.1) is 11.2 Å². The fourth-order valence-electron chi connectivity index (χ4n) is 0.659. The molecule has 1 aromatic rings. The zero-order chi connectivity index (χ0) is 8.27.